The zero-order valence-corrected chi connectivity index (χ0v) is 17.3. The molecule has 7 heteroatoms. The van der Waals surface area contributed by atoms with Crippen molar-refractivity contribution in [1.29, 1.82) is 0 Å². The zero-order valence-electron chi connectivity index (χ0n) is 16.5. The number of benzene rings is 1. The predicted molar refractivity (Wildman–Crippen MR) is 112 cm³/mol. The molecular weight excluding hydrogens is 387 g/mol. The average Bonchev–Trinajstić information content (AvgIpc) is 3.17. The van der Waals surface area contributed by atoms with Crippen molar-refractivity contribution in [3.8, 4) is 0 Å². The number of thiazole rings is 1. The zero-order chi connectivity index (χ0) is 20.0. The van der Waals surface area contributed by atoms with E-state index in [2.05, 4.69) is 9.88 Å². The smallest absolute Gasteiger partial charge is 0.265 e. The van der Waals surface area contributed by atoms with E-state index in [0.717, 1.165) is 38.0 Å². The van der Waals surface area contributed by atoms with E-state index in [4.69, 9.17) is 5.73 Å². The fourth-order valence-corrected chi connectivity index (χ4v) is 6.45. The van der Waals surface area contributed by atoms with Crippen LogP contribution in [0, 0.1) is 17.7 Å². The summed E-state index contributed by atoms with van der Waals surface area (Å²) >= 11 is 1.27. The fourth-order valence-electron chi connectivity index (χ4n) is 5.80. The minimum Gasteiger partial charge on any atom is -0.375 e. The molecule has 2 aromatic rings. The molecule has 5 rings (SSSR count). The van der Waals surface area contributed by atoms with Gasteiger partial charge in [-0.25, -0.2) is 9.37 Å². The number of nitrogen functional groups attached to an aromatic ring is 1. The first kappa shape index (κ1) is 19.0. The molecular formula is C22H27FN4OS. The molecule has 3 fully saturated rings. The number of hydrogen-bond donors (Lipinski definition) is 1. The highest BCUT2D eigenvalue weighted by molar-refractivity contribution is 7.17. The molecule has 3 saturated heterocycles. The van der Waals surface area contributed by atoms with E-state index in [-0.39, 0.29) is 11.7 Å². The molecule has 0 aliphatic carbocycles. The number of carbonyl (C=O) groups is 1. The number of carbonyl (C=O) groups excluding carboxylic acids is 1. The maximum absolute atomic E-state index is 13.8. The van der Waals surface area contributed by atoms with E-state index in [0.29, 0.717) is 33.9 Å². The average molecular weight is 415 g/mol. The molecule has 154 valence electrons. The van der Waals surface area contributed by atoms with Crippen LogP contribution in [0.3, 0.4) is 0 Å². The Bertz CT molecular complexity index is 902. The number of halogens is 1. The first-order valence-electron chi connectivity index (χ1n) is 10.6. The van der Waals surface area contributed by atoms with Crippen molar-refractivity contribution in [1.82, 2.24) is 14.8 Å². The summed E-state index contributed by atoms with van der Waals surface area (Å²) in [5, 5.41) is 0.438. The normalized spacial score (nSPS) is 29.5. The summed E-state index contributed by atoms with van der Waals surface area (Å²) in [5.74, 6) is 0.824. The van der Waals surface area contributed by atoms with Gasteiger partial charge in [-0.3, -0.25) is 9.69 Å². The van der Waals surface area contributed by atoms with Gasteiger partial charge in [-0.15, -0.1) is 0 Å². The van der Waals surface area contributed by atoms with E-state index >= 15 is 0 Å². The summed E-state index contributed by atoms with van der Waals surface area (Å²) in [6.07, 6.45) is 7.31. The number of likely N-dealkylation sites (tertiary alicyclic amines) is 1. The lowest BCUT2D eigenvalue weighted by atomic mass is 9.71. The molecule has 2 bridgehead atoms. The Labute approximate surface area is 174 Å². The van der Waals surface area contributed by atoms with Gasteiger partial charge >= 0.3 is 0 Å². The van der Waals surface area contributed by atoms with Crippen molar-refractivity contribution >= 4 is 22.4 Å². The monoisotopic (exact) mass is 414 g/mol. The second-order valence-corrected chi connectivity index (χ2v) is 9.79. The van der Waals surface area contributed by atoms with Crippen LogP contribution in [-0.4, -0.2) is 52.4 Å². The van der Waals surface area contributed by atoms with Crippen LogP contribution in [0.25, 0.3) is 0 Å². The number of anilines is 1. The second-order valence-electron chi connectivity index (χ2n) is 8.73. The summed E-state index contributed by atoms with van der Waals surface area (Å²) in [6, 6.07) is 7.89. The maximum Gasteiger partial charge on any atom is 0.265 e. The van der Waals surface area contributed by atoms with Crippen LogP contribution in [0.15, 0.2) is 30.5 Å². The first-order chi connectivity index (χ1) is 14.1. The highest BCUT2D eigenvalue weighted by atomic mass is 32.1. The van der Waals surface area contributed by atoms with Crippen LogP contribution in [0.1, 0.15) is 40.9 Å². The number of nitrogens with zero attached hydrogens (tertiary/aromatic N) is 3. The highest BCUT2D eigenvalue weighted by Crippen LogP contribution is 2.42. The van der Waals surface area contributed by atoms with Crippen molar-refractivity contribution < 1.29 is 9.18 Å². The molecule has 0 radical (unpaired) electrons. The van der Waals surface area contributed by atoms with Gasteiger partial charge in [0, 0.05) is 25.2 Å². The summed E-state index contributed by atoms with van der Waals surface area (Å²) in [4.78, 5) is 22.5. The molecule has 1 aromatic heterocycles. The Hall–Kier alpha value is -1.99. The number of piperidine rings is 3. The lowest BCUT2D eigenvalue weighted by Crippen LogP contribution is -2.64. The van der Waals surface area contributed by atoms with Crippen LogP contribution < -0.4 is 5.73 Å². The van der Waals surface area contributed by atoms with E-state index in [1.54, 1.807) is 18.3 Å². The Kier molecular flexibility index (Phi) is 5.04. The quantitative estimate of drug-likeness (QED) is 0.836. The number of aromatic nitrogens is 1. The lowest BCUT2D eigenvalue weighted by Gasteiger charge is -2.57. The van der Waals surface area contributed by atoms with Gasteiger partial charge in [0.25, 0.3) is 5.91 Å². The van der Waals surface area contributed by atoms with Crippen LogP contribution in [-0.2, 0) is 6.42 Å². The standard InChI is InChI=1S/C22H27FN4OS/c23-17-5-3-4-14(8-17)9-19-16-10-15(18-6-1-2-7-27(18)19)12-26(13-16)21(28)20-11-25-22(24)29-20/h3-5,8,11,15-16,18-19H,1-2,6-7,9-10,12-13H2,(H2,24,25)/t15-,16+,18+,19+/m1/s1. The van der Waals surface area contributed by atoms with E-state index in [1.807, 2.05) is 11.0 Å². The second kappa shape index (κ2) is 7.69. The molecule has 3 aliphatic rings. The van der Waals surface area contributed by atoms with Crippen LogP contribution >= 0.6 is 11.3 Å². The van der Waals surface area contributed by atoms with Crippen molar-refractivity contribution in [2.45, 2.75) is 44.2 Å². The third-order valence-corrected chi connectivity index (χ3v) is 7.79. The third kappa shape index (κ3) is 3.66. The minimum absolute atomic E-state index is 0.0580. The molecule has 0 unspecified atom stereocenters. The van der Waals surface area contributed by atoms with Crippen LogP contribution in [0.2, 0.25) is 0 Å². The van der Waals surface area contributed by atoms with Crippen molar-refractivity contribution in [2.24, 2.45) is 11.8 Å². The molecule has 1 aromatic carbocycles. The molecule has 4 atom stereocenters. The van der Waals surface area contributed by atoms with Crippen molar-refractivity contribution in [3.63, 3.8) is 0 Å². The number of fused-ring (bicyclic) bond motifs is 4. The Morgan fingerprint density at radius 1 is 1.28 bits per heavy atom. The molecule has 3 aliphatic heterocycles. The molecule has 29 heavy (non-hydrogen) atoms. The molecule has 4 heterocycles. The lowest BCUT2D eigenvalue weighted by molar-refractivity contribution is -0.0641. The van der Waals surface area contributed by atoms with Gasteiger partial charge in [0.2, 0.25) is 0 Å². The Morgan fingerprint density at radius 2 is 2.14 bits per heavy atom. The summed E-state index contributed by atoms with van der Waals surface area (Å²) in [5.41, 5.74) is 6.80. The van der Waals surface area contributed by atoms with E-state index in [1.165, 1.54) is 36.7 Å². The van der Waals surface area contributed by atoms with E-state index < -0.39 is 0 Å². The molecule has 0 spiro atoms. The fraction of sp³-hybridized carbons (Fsp3) is 0.545. The topological polar surface area (TPSA) is 62.5 Å². The molecule has 5 nitrogen and oxygen atoms in total. The Balaban J connectivity index is 1.41. The number of amides is 1. The summed E-state index contributed by atoms with van der Waals surface area (Å²) in [6.45, 7) is 2.70. The highest BCUT2D eigenvalue weighted by Gasteiger charge is 2.47. The summed E-state index contributed by atoms with van der Waals surface area (Å²) in [7, 11) is 0. The number of rotatable bonds is 3. The van der Waals surface area contributed by atoms with Gasteiger partial charge in [0.15, 0.2) is 5.13 Å². The van der Waals surface area contributed by atoms with Crippen molar-refractivity contribution in [3.05, 3.63) is 46.7 Å². The first-order valence-corrected chi connectivity index (χ1v) is 11.4. The Morgan fingerprint density at radius 3 is 2.93 bits per heavy atom. The van der Waals surface area contributed by atoms with Crippen molar-refractivity contribution in [2.75, 3.05) is 25.4 Å². The van der Waals surface area contributed by atoms with Gasteiger partial charge in [-0.1, -0.05) is 29.9 Å². The molecule has 0 saturated carbocycles. The molecule has 1 amide bonds. The van der Waals surface area contributed by atoms with E-state index in [9.17, 15) is 9.18 Å². The van der Waals surface area contributed by atoms with Crippen LogP contribution in [0.5, 0.6) is 0 Å². The SMILES string of the molecule is Nc1ncc(C(=O)N2C[C@H]3C[C@@H](C2)[C@H](Cc2cccc(F)c2)N2CCCC[C@@H]32)s1. The largest absolute Gasteiger partial charge is 0.375 e. The van der Waals surface area contributed by atoms with Gasteiger partial charge in [-0.05, 0) is 61.8 Å². The summed E-state index contributed by atoms with van der Waals surface area (Å²) < 4.78 is 13.8. The third-order valence-electron chi connectivity index (χ3n) is 6.98. The van der Waals surface area contributed by atoms with Gasteiger partial charge < -0.3 is 10.6 Å². The van der Waals surface area contributed by atoms with Gasteiger partial charge in [0.05, 0.1) is 6.20 Å². The minimum atomic E-state index is -0.172. The van der Waals surface area contributed by atoms with Crippen LogP contribution in [0.4, 0.5) is 9.52 Å². The number of nitrogens with two attached hydrogens (primary N) is 1. The maximum atomic E-state index is 13.8. The molecule has 2 N–H and O–H groups in total. The predicted octanol–water partition coefficient (Wildman–Crippen LogP) is 3.42. The number of hydrogen-bond acceptors (Lipinski definition) is 5. The van der Waals surface area contributed by atoms with Gasteiger partial charge in [0.1, 0.15) is 10.7 Å². The van der Waals surface area contributed by atoms with Gasteiger partial charge in [-0.2, -0.15) is 0 Å².